The van der Waals surface area contributed by atoms with E-state index in [0.29, 0.717) is 13.2 Å². The first-order valence-electron chi connectivity index (χ1n) is 9.31. The molecule has 1 aliphatic rings. The van der Waals surface area contributed by atoms with Crippen LogP contribution in [0.2, 0.25) is 0 Å². The summed E-state index contributed by atoms with van der Waals surface area (Å²) in [6.45, 7) is 3.41. The van der Waals surface area contributed by atoms with Crippen LogP contribution in [0.4, 0.5) is 5.69 Å². The van der Waals surface area contributed by atoms with Gasteiger partial charge in [-0.05, 0) is 49.4 Å². The van der Waals surface area contributed by atoms with E-state index in [0.717, 1.165) is 41.0 Å². The van der Waals surface area contributed by atoms with Gasteiger partial charge in [0.15, 0.2) is 0 Å². The van der Waals surface area contributed by atoms with E-state index in [-0.39, 0.29) is 11.8 Å². The predicted molar refractivity (Wildman–Crippen MR) is 106 cm³/mol. The summed E-state index contributed by atoms with van der Waals surface area (Å²) >= 11 is 0. The number of aromatic nitrogens is 2. The molecule has 1 aromatic carbocycles. The Bertz CT molecular complexity index is 942. The maximum absolute atomic E-state index is 12.4. The summed E-state index contributed by atoms with van der Waals surface area (Å²) in [5.74, 6) is 0.0391. The molecule has 0 radical (unpaired) electrons. The van der Waals surface area contributed by atoms with Crippen molar-refractivity contribution in [2.75, 3.05) is 18.5 Å². The Hall–Kier alpha value is -2.70. The Morgan fingerprint density at radius 3 is 2.70 bits per heavy atom. The molecule has 1 atom stereocenters. The second kappa shape index (κ2) is 7.50. The van der Waals surface area contributed by atoms with Crippen LogP contribution in [0.25, 0.3) is 16.9 Å². The van der Waals surface area contributed by atoms with Crippen LogP contribution in [0.5, 0.6) is 0 Å². The zero-order valence-corrected chi connectivity index (χ0v) is 15.4. The number of pyridine rings is 1. The maximum atomic E-state index is 12.4. The number of nitrogens with zero attached hydrogens (tertiary/aromatic N) is 2. The molecule has 0 bridgehead atoms. The van der Waals surface area contributed by atoms with Gasteiger partial charge in [-0.25, -0.2) is 4.98 Å². The van der Waals surface area contributed by atoms with E-state index in [9.17, 15) is 4.79 Å². The van der Waals surface area contributed by atoms with E-state index < -0.39 is 6.04 Å². The molecule has 3 N–H and O–H groups in total. The number of hydrogen-bond acceptors (Lipinski definition) is 4. The number of ether oxygens (including phenoxy) is 1. The van der Waals surface area contributed by atoms with Crippen molar-refractivity contribution in [1.29, 1.82) is 0 Å². The molecule has 3 heterocycles. The number of nitrogens with two attached hydrogens (primary N) is 1. The van der Waals surface area contributed by atoms with Gasteiger partial charge in [0.05, 0.1) is 11.7 Å². The molecule has 1 aliphatic heterocycles. The van der Waals surface area contributed by atoms with E-state index in [1.54, 1.807) is 0 Å². The topological polar surface area (TPSA) is 81.7 Å². The molecule has 140 valence electrons. The summed E-state index contributed by atoms with van der Waals surface area (Å²) in [5.41, 5.74) is 10.9. The third-order valence-corrected chi connectivity index (χ3v) is 5.20. The first-order valence-corrected chi connectivity index (χ1v) is 9.31. The fourth-order valence-electron chi connectivity index (χ4n) is 3.53. The Balaban J connectivity index is 1.46. The number of carbonyl (C=O) groups is 1. The molecular weight excluding hydrogens is 340 g/mol. The lowest BCUT2D eigenvalue weighted by molar-refractivity contribution is -0.119. The van der Waals surface area contributed by atoms with Crippen LogP contribution < -0.4 is 11.1 Å². The second-order valence-electron chi connectivity index (χ2n) is 7.09. The zero-order valence-electron chi connectivity index (χ0n) is 15.4. The third-order valence-electron chi connectivity index (χ3n) is 5.20. The average Bonchev–Trinajstić information content (AvgIpc) is 3.14. The molecule has 27 heavy (non-hydrogen) atoms. The molecule has 1 amide bonds. The Morgan fingerprint density at radius 1 is 1.26 bits per heavy atom. The number of nitrogens with one attached hydrogen (secondary N) is 1. The van der Waals surface area contributed by atoms with Crippen molar-refractivity contribution in [3.05, 3.63) is 54.4 Å². The highest BCUT2D eigenvalue weighted by Crippen LogP contribution is 2.23. The van der Waals surface area contributed by atoms with Crippen LogP contribution in [0.15, 0.2) is 48.8 Å². The highest BCUT2D eigenvalue weighted by molar-refractivity contribution is 5.95. The normalized spacial score (nSPS) is 16.4. The van der Waals surface area contributed by atoms with Crippen molar-refractivity contribution in [3.63, 3.8) is 0 Å². The molecule has 4 rings (SSSR count). The third kappa shape index (κ3) is 3.72. The van der Waals surface area contributed by atoms with Gasteiger partial charge in [0.2, 0.25) is 5.91 Å². The number of imidazole rings is 1. The van der Waals surface area contributed by atoms with Crippen LogP contribution in [-0.2, 0) is 9.53 Å². The SMILES string of the molecule is Cc1cccn2cc(-c3ccc(NC(=O)C(N)C4CCOCC4)cc3)nc12. The molecule has 1 fully saturated rings. The summed E-state index contributed by atoms with van der Waals surface area (Å²) in [6.07, 6.45) is 5.67. The Kier molecular flexibility index (Phi) is 4.92. The summed E-state index contributed by atoms with van der Waals surface area (Å²) in [4.78, 5) is 17.1. The average molecular weight is 364 g/mol. The minimum atomic E-state index is -0.505. The van der Waals surface area contributed by atoms with Crippen molar-refractivity contribution in [2.45, 2.75) is 25.8 Å². The van der Waals surface area contributed by atoms with E-state index in [1.807, 2.05) is 60.1 Å². The first-order chi connectivity index (χ1) is 13.1. The zero-order chi connectivity index (χ0) is 18.8. The number of amides is 1. The lowest BCUT2D eigenvalue weighted by Gasteiger charge is -2.26. The van der Waals surface area contributed by atoms with Gasteiger partial charge in [0, 0.05) is 36.9 Å². The molecule has 1 unspecified atom stereocenters. The second-order valence-corrected chi connectivity index (χ2v) is 7.09. The molecule has 0 saturated carbocycles. The Labute approximate surface area is 158 Å². The number of carbonyl (C=O) groups excluding carboxylic acids is 1. The van der Waals surface area contributed by atoms with Gasteiger partial charge in [-0.1, -0.05) is 18.2 Å². The summed E-state index contributed by atoms with van der Waals surface area (Å²) in [6, 6.07) is 11.3. The van der Waals surface area contributed by atoms with Gasteiger partial charge in [-0.15, -0.1) is 0 Å². The lowest BCUT2D eigenvalue weighted by Crippen LogP contribution is -2.43. The van der Waals surface area contributed by atoms with Crippen molar-refractivity contribution in [1.82, 2.24) is 9.38 Å². The summed E-state index contributed by atoms with van der Waals surface area (Å²) in [5, 5.41) is 2.92. The van der Waals surface area contributed by atoms with E-state index >= 15 is 0 Å². The highest BCUT2D eigenvalue weighted by Gasteiger charge is 2.26. The maximum Gasteiger partial charge on any atom is 0.241 e. The number of aryl methyl sites for hydroxylation is 1. The predicted octanol–water partition coefficient (Wildman–Crippen LogP) is 3.00. The number of benzene rings is 1. The number of anilines is 1. The van der Waals surface area contributed by atoms with Crippen LogP contribution in [-0.4, -0.2) is 34.5 Å². The fourth-order valence-corrected chi connectivity index (χ4v) is 3.53. The molecule has 0 aliphatic carbocycles. The lowest BCUT2D eigenvalue weighted by atomic mass is 9.92. The van der Waals surface area contributed by atoms with Crippen molar-refractivity contribution in [3.8, 4) is 11.3 Å². The quantitative estimate of drug-likeness (QED) is 0.746. The fraction of sp³-hybridized carbons (Fsp3) is 0.333. The van der Waals surface area contributed by atoms with Crippen molar-refractivity contribution in [2.24, 2.45) is 11.7 Å². The van der Waals surface area contributed by atoms with Gasteiger partial charge in [-0.3, -0.25) is 4.79 Å². The first kappa shape index (κ1) is 17.7. The molecule has 6 nitrogen and oxygen atoms in total. The van der Waals surface area contributed by atoms with E-state index in [4.69, 9.17) is 15.5 Å². The molecular formula is C21H24N4O2. The minimum Gasteiger partial charge on any atom is -0.381 e. The van der Waals surface area contributed by atoms with E-state index in [1.165, 1.54) is 0 Å². The molecule has 1 saturated heterocycles. The van der Waals surface area contributed by atoms with Crippen molar-refractivity contribution < 1.29 is 9.53 Å². The molecule has 6 heteroatoms. The highest BCUT2D eigenvalue weighted by atomic mass is 16.5. The van der Waals surface area contributed by atoms with Crippen LogP contribution in [0.3, 0.4) is 0 Å². The summed E-state index contributed by atoms with van der Waals surface area (Å²) in [7, 11) is 0. The molecule has 2 aromatic heterocycles. The van der Waals surface area contributed by atoms with Crippen LogP contribution >= 0.6 is 0 Å². The number of rotatable bonds is 4. The molecule has 0 spiro atoms. The Morgan fingerprint density at radius 2 is 2.00 bits per heavy atom. The van der Waals surface area contributed by atoms with E-state index in [2.05, 4.69) is 5.32 Å². The number of fused-ring (bicyclic) bond motifs is 1. The largest absolute Gasteiger partial charge is 0.381 e. The van der Waals surface area contributed by atoms with Gasteiger partial charge in [0.1, 0.15) is 5.65 Å². The molecule has 3 aromatic rings. The van der Waals surface area contributed by atoms with Gasteiger partial charge >= 0.3 is 0 Å². The smallest absolute Gasteiger partial charge is 0.241 e. The summed E-state index contributed by atoms with van der Waals surface area (Å²) < 4.78 is 7.36. The van der Waals surface area contributed by atoms with Gasteiger partial charge in [-0.2, -0.15) is 0 Å². The number of hydrogen-bond donors (Lipinski definition) is 2. The van der Waals surface area contributed by atoms with Gasteiger partial charge in [0.25, 0.3) is 0 Å². The standard InChI is InChI=1S/C21H24N4O2/c1-14-3-2-10-25-13-18(24-20(14)25)15-4-6-17(7-5-15)23-21(26)19(22)16-8-11-27-12-9-16/h2-7,10,13,16,19H,8-9,11-12,22H2,1H3,(H,23,26). The monoisotopic (exact) mass is 364 g/mol. The minimum absolute atomic E-state index is 0.141. The van der Waals surface area contributed by atoms with Crippen LogP contribution in [0, 0.1) is 12.8 Å². The van der Waals surface area contributed by atoms with Gasteiger partial charge < -0.3 is 20.2 Å². The van der Waals surface area contributed by atoms with Crippen LogP contribution in [0.1, 0.15) is 18.4 Å². The van der Waals surface area contributed by atoms with Crippen molar-refractivity contribution >= 4 is 17.2 Å².